The molecule has 1 amide bonds. The van der Waals surface area contributed by atoms with Gasteiger partial charge in [0.15, 0.2) is 16.6 Å². The minimum atomic E-state index is -1.07. The van der Waals surface area contributed by atoms with Gasteiger partial charge in [0.2, 0.25) is 0 Å². The number of benzene rings is 2. The Morgan fingerprint density at radius 2 is 1.67 bits per heavy atom. The highest BCUT2D eigenvalue weighted by Crippen LogP contribution is 2.45. The van der Waals surface area contributed by atoms with E-state index in [1.807, 2.05) is 13.8 Å². The van der Waals surface area contributed by atoms with Crippen LogP contribution in [0.4, 0.5) is 5.13 Å². The number of carbonyl (C=O) groups is 3. The van der Waals surface area contributed by atoms with Gasteiger partial charge in [-0.3, -0.25) is 14.5 Å². The van der Waals surface area contributed by atoms with Gasteiger partial charge in [-0.25, -0.2) is 9.78 Å². The van der Waals surface area contributed by atoms with Crippen molar-refractivity contribution in [1.82, 2.24) is 4.98 Å². The molecule has 1 saturated heterocycles. The number of amides is 1. The van der Waals surface area contributed by atoms with E-state index in [1.54, 1.807) is 56.3 Å². The van der Waals surface area contributed by atoms with Gasteiger partial charge in [0.25, 0.3) is 5.78 Å². The number of hydrogen-bond acceptors (Lipinski definition) is 10. The molecule has 1 unspecified atom stereocenters. The van der Waals surface area contributed by atoms with Gasteiger partial charge in [-0.15, -0.1) is 0 Å². The Labute approximate surface area is 267 Å². The van der Waals surface area contributed by atoms with E-state index in [0.29, 0.717) is 53.9 Å². The Kier molecular flexibility index (Phi) is 11.6. The van der Waals surface area contributed by atoms with Crippen LogP contribution in [0.2, 0.25) is 0 Å². The summed E-state index contributed by atoms with van der Waals surface area (Å²) in [6.45, 7) is 10.9. The molecule has 1 aromatic heterocycles. The first-order valence-corrected chi connectivity index (χ1v) is 16.1. The number of ketones is 1. The van der Waals surface area contributed by atoms with Gasteiger partial charge >= 0.3 is 11.9 Å². The Balaban J connectivity index is 1.85. The lowest BCUT2D eigenvalue weighted by Crippen LogP contribution is -2.29. The van der Waals surface area contributed by atoms with E-state index in [1.165, 1.54) is 4.90 Å². The average molecular weight is 637 g/mol. The van der Waals surface area contributed by atoms with Crippen molar-refractivity contribution in [3.05, 3.63) is 69.7 Å². The molecule has 1 aliphatic rings. The van der Waals surface area contributed by atoms with Crippen molar-refractivity contribution < 1.29 is 38.4 Å². The summed E-state index contributed by atoms with van der Waals surface area (Å²) in [6.07, 6.45) is 3.81. The molecule has 1 atom stereocenters. The molecule has 3 aromatic rings. The summed E-state index contributed by atoms with van der Waals surface area (Å²) in [6, 6.07) is 10.8. The van der Waals surface area contributed by atoms with Crippen LogP contribution in [0, 0.1) is 6.92 Å². The van der Waals surface area contributed by atoms with Gasteiger partial charge in [-0.2, -0.15) is 0 Å². The fourth-order valence-electron chi connectivity index (χ4n) is 4.92. The maximum Gasteiger partial charge on any atom is 0.350 e. The minimum Gasteiger partial charge on any atom is -0.507 e. The van der Waals surface area contributed by atoms with Gasteiger partial charge in [0, 0.05) is 5.56 Å². The fourth-order valence-corrected chi connectivity index (χ4v) is 5.90. The summed E-state index contributed by atoms with van der Waals surface area (Å²) in [5.41, 5.74) is 1.08. The van der Waals surface area contributed by atoms with Crippen LogP contribution in [0.15, 0.2) is 48.0 Å². The maximum absolute atomic E-state index is 13.7. The molecule has 10 nitrogen and oxygen atoms in total. The van der Waals surface area contributed by atoms with Crippen molar-refractivity contribution in [3.8, 4) is 17.2 Å². The van der Waals surface area contributed by atoms with Crippen LogP contribution in [-0.2, 0) is 14.3 Å². The lowest BCUT2D eigenvalue weighted by atomic mass is 9.95. The van der Waals surface area contributed by atoms with Crippen LogP contribution in [0.5, 0.6) is 17.2 Å². The first kappa shape index (κ1) is 33.5. The summed E-state index contributed by atoms with van der Waals surface area (Å²) in [7, 11) is 0. The molecule has 0 aliphatic carbocycles. The smallest absolute Gasteiger partial charge is 0.350 e. The second-order valence-corrected chi connectivity index (χ2v) is 11.3. The highest BCUT2D eigenvalue weighted by atomic mass is 32.1. The zero-order valence-electron chi connectivity index (χ0n) is 26.4. The molecule has 2 heterocycles. The number of anilines is 1. The monoisotopic (exact) mass is 636 g/mol. The van der Waals surface area contributed by atoms with Crippen LogP contribution in [-0.4, -0.2) is 54.2 Å². The number of aliphatic hydroxyl groups excluding tert-OH is 1. The predicted molar refractivity (Wildman–Crippen MR) is 172 cm³/mol. The zero-order valence-corrected chi connectivity index (χ0v) is 27.2. The van der Waals surface area contributed by atoms with Crippen molar-refractivity contribution in [2.24, 2.45) is 0 Å². The van der Waals surface area contributed by atoms with Crippen molar-refractivity contribution >= 4 is 39.9 Å². The van der Waals surface area contributed by atoms with Crippen LogP contribution in [0.1, 0.15) is 85.9 Å². The Hall–Kier alpha value is -4.38. The molecule has 4 rings (SSSR count). The molecular formula is C34H40N2O8S. The third-order valence-corrected chi connectivity index (χ3v) is 8.22. The number of aromatic nitrogens is 1. The molecular weight excluding hydrogens is 596 g/mol. The summed E-state index contributed by atoms with van der Waals surface area (Å²) in [5, 5.41) is 11.7. The number of unbranched alkanes of at least 4 members (excludes halogenated alkanes) is 2. The van der Waals surface area contributed by atoms with Gasteiger partial charge in [-0.05, 0) is 75.6 Å². The third-order valence-electron chi connectivity index (χ3n) is 7.09. The number of ether oxygens (including phenoxy) is 4. The van der Waals surface area contributed by atoms with Gasteiger partial charge in [0.05, 0.1) is 43.7 Å². The Bertz CT molecular complexity index is 1550. The lowest BCUT2D eigenvalue weighted by molar-refractivity contribution is -0.132. The fraction of sp³-hybridized carbons (Fsp3) is 0.412. The van der Waals surface area contributed by atoms with E-state index in [4.69, 9.17) is 18.9 Å². The Morgan fingerprint density at radius 1 is 0.911 bits per heavy atom. The average Bonchev–Trinajstić information content (AvgIpc) is 3.55. The standard InChI is InChI=1S/C34H40N2O8S/c1-6-10-11-19-44-25-17-14-23(20-26(25)41-8-3)28-27(29(37)22-12-15-24(16-13-22)43-18-7-2)30(38)32(39)36(28)34-35-21(5)31(45-34)33(40)42-9-4/h12-17,20,28,37H,6-11,18-19H2,1-5H3. The number of thiazole rings is 1. The lowest BCUT2D eigenvalue weighted by Gasteiger charge is -2.24. The highest BCUT2D eigenvalue weighted by molar-refractivity contribution is 7.17. The molecule has 0 bridgehead atoms. The van der Waals surface area contributed by atoms with Crippen LogP contribution in [0.25, 0.3) is 5.76 Å². The molecule has 1 N–H and O–H groups in total. The minimum absolute atomic E-state index is 0.119. The van der Waals surface area contributed by atoms with E-state index in [2.05, 4.69) is 11.9 Å². The molecule has 1 fully saturated rings. The quantitative estimate of drug-likeness (QED) is 0.0617. The van der Waals surface area contributed by atoms with E-state index in [-0.39, 0.29) is 27.9 Å². The molecule has 240 valence electrons. The summed E-state index contributed by atoms with van der Waals surface area (Å²) >= 11 is 0.952. The van der Waals surface area contributed by atoms with Gasteiger partial charge in [0.1, 0.15) is 16.4 Å². The molecule has 45 heavy (non-hydrogen) atoms. The van der Waals surface area contributed by atoms with Crippen LogP contribution in [0.3, 0.4) is 0 Å². The number of hydrogen-bond donors (Lipinski definition) is 1. The molecule has 1 aliphatic heterocycles. The zero-order chi connectivity index (χ0) is 32.5. The predicted octanol–water partition coefficient (Wildman–Crippen LogP) is 7.01. The van der Waals surface area contributed by atoms with Crippen molar-refractivity contribution in [2.75, 3.05) is 31.3 Å². The molecule has 11 heteroatoms. The highest BCUT2D eigenvalue weighted by Gasteiger charge is 2.48. The second kappa shape index (κ2) is 15.6. The second-order valence-electron chi connectivity index (χ2n) is 10.4. The molecule has 0 radical (unpaired) electrons. The van der Waals surface area contributed by atoms with Crippen molar-refractivity contribution in [1.29, 1.82) is 0 Å². The van der Waals surface area contributed by atoms with E-state index < -0.39 is 23.7 Å². The number of nitrogens with zero attached hydrogens (tertiary/aromatic N) is 2. The van der Waals surface area contributed by atoms with E-state index >= 15 is 0 Å². The first-order valence-electron chi connectivity index (χ1n) is 15.3. The van der Waals surface area contributed by atoms with Crippen molar-refractivity contribution in [2.45, 2.75) is 66.3 Å². The van der Waals surface area contributed by atoms with Gasteiger partial charge < -0.3 is 24.1 Å². The number of aryl methyl sites for hydroxylation is 1. The number of rotatable bonds is 15. The maximum atomic E-state index is 13.7. The van der Waals surface area contributed by atoms with Crippen molar-refractivity contribution in [3.63, 3.8) is 0 Å². The Morgan fingerprint density at radius 3 is 2.33 bits per heavy atom. The van der Waals surface area contributed by atoms with Crippen LogP contribution < -0.4 is 19.1 Å². The summed E-state index contributed by atoms with van der Waals surface area (Å²) in [4.78, 5) is 46.0. The number of carbonyl (C=O) groups excluding carboxylic acids is 3. The summed E-state index contributed by atoms with van der Waals surface area (Å²) < 4.78 is 22.8. The van der Waals surface area contributed by atoms with E-state index in [9.17, 15) is 19.5 Å². The third kappa shape index (κ3) is 7.47. The van der Waals surface area contributed by atoms with E-state index in [0.717, 1.165) is 37.0 Å². The topological polar surface area (TPSA) is 124 Å². The number of esters is 1. The normalized spacial score (nSPS) is 15.8. The van der Waals surface area contributed by atoms with Crippen LogP contribution >= 0.6 is 11.3 Å². The first-order chi connectivity index (χ1) is 21.7. The van der Waals surface area contributed by atoms with Gasteiger partial charge in [-0.1, -0.05) is 44.1 Å². The largest absolute Gasteiger partial charge is 0.507 e. The number of aliphatic hydroxyl groups is 1. The molecule has 0 spiro atoms. The molecule has 0 saturated carbocycles. The molecule has 2 aromatic carbocycles. The SMILES string of the molecule is CCCCCOc1ccc(C2C(=C(O)c3ccc(OCCC)cc3)C(=O)C(=O)N2c2nc(C)c(C(=O)OCC)s2)cc1OCC. The summed E-state index contributed by atoms with van der Waals surface area (Å²) in [5.74, 6) is -1.09. The number of Topliss-reactive ketones (excluding diaryl/α,β-unsaturated/α-hetero) is 1.